The van der Waals surface area contributed by atoms with Crippen molar-refractivity contribution >= 4 is 5.90 Å². The number of hydrogen-bond acceptors (Lipinski definition) is 2. The third-order valence-electron chi connectivity index (χ3n) is 6.90. The molecular weight excluding hydrogens is 198 g/mol. The van der Waals surface area contributed by atoms with Gasteiger partial charge in [-0.25, -0.2) is 4.99 Å². The maximum absolute atomic E-state index is 5.56. The van der Waals surface area contributed by atoms with Crippen LogP contribution in [0.4, 0.5) is 0 Å². The van der Waals surface area contributed by atoms with Crippen molar-refractivity contribution in [1.82, 2.24) is 0 Å². The molecule has 16 heavy (non-hydrogen) atoms. The third kappa shape index (κ3) is 0.509. The number of hydrogen-bond donors (Lipinski definition) is 0. The number of fused-ring (bicyclic) bond motifs is 1. The van der Waals surface area contributed by atoms with E-state index in [1.54, 1.807) is 7.11 Å². The van der Waals surface area contributed by atoms with Crippen molar-refractivity contribution in [3.63, 3.8) is 0 Å². The van der Waals surface area contributed by atoms with Crippen LogP contribution < -0.4 is 0 Å². The molecule has 1 saturated carbocycles. The molecule has 2 nitrogen and oxygen atoms in total. The van der Waals surface area contributed by atoms with Gasteiger partial charge in [0.25, 0.3) is 0 Å². The Hall–Kier alpha value is -0.790. The van der Waals surface area contributed by atoms with Crippen LogP contribution >= 0.6 is 0 Å². The number of methoxy groups -OCH3 is 1. The van der Waals surface area contributed by atoms with Crippen LogP contribution in [0.15, 0.2) is 16.1 Å². The summed E-state index contributed by atoms with van der Waals surface area (Å²) >= 11 is 0. The van der Waals surface area contributed by atoms with Crippen molar-refractivity contribution in [3.8, 4) is 0 Å². The largest absolute Gasteiger partial charge is 0.484 e. The van der Waals surface area contributed by atoms with E-state index in [4.69, 9.17) is 9.73 Å². The number of allylic oxidation sites excluding steroid dienone is 1. The molecule has 2 heteroatoms. The Morgan fingerprint density at radius 1 is 0.938 bits per heavy atom. The summed E-state index contributed by atoms with van der Waals surface area (Å²) in [4.78, 5) is 4.89. The Morgan fingerprint density at radius 2 is 1.50 bits per heavy atom. The first-order chi connectivity index (χ1) is 7.23. The molecule has 0 aromatic rings. The van der Waals surface area contributed by atoms with E-state index in [1.807, 2.05) is 0 Å². The van der Waals surface area contributed by atoms with E-state index in [9.17, 15) is 0 Å². The summed E-state index contributed by atoms with van der Waals surface area (Å²) in [6.07, 6.45) is 0. The molecule has 1 aliphatic heterocycles. The minimum atomic E-state index is -0.0497. The molecule has 4 atom stereocenters. The molecule has 0 spiro atoms. The monoisotopic (exact) mass is 219 g/mol. The lowest BCUT2D eigenvalue weighted by Crippen LogP contribution is -2.32. The van der Waals surface area contributed by atoms with Crippen molar-refractivity contribution in [1.29, 1.82) is 0 Å². The van der Waals surface area contributed by atoms with E-state index in [0.717, 1.165) is 5.90 Å². The minimum Gasteiger partial charge on any atom is -0.484 e. The minimum absolute atomic E-state index is 0.0497. The van der Waals surface area contributed by atoms with Gasteiger partial charge < -0.3 is 4.74 Å². The molecule has 0 saturated heterocycles. The number of ether oxygens (including phenoxy) is 1. The molecule has 88 valence electrons. The van der Waals surface area contributed by atoms with E-state index >= 15 is 0 Å². The predicted octanol–water partition coefficient (Wildman–Crippen LogP) is 3.19. The fourth-order valence-corrected chi connectivity index (χ4v) is 5.15. The molecule has 0 aromatic heterocycles. The Bertz CT molecular complexity index is 477. The predicted molar refractivity (Wildman–Crippen MR) is 65.5 cm³/mol. The Labute approximate surface area is 97.8 Å². The highest BCUT2D eigenvalue weighted by atomic mass is 16.5. The van der Waals surface area contributed by atoms with Crippen molar-refractivity contribution in [2.45, 2.75) is 47.1 Å². The van der Waals surface area contributed by atoms with Gasteiger partial charge in [-0.3, -0.25) is 0 Å². The Kier molecular flexibility index (Phi) is 1.37. The lowest BCUT2D eigenvalue weighted by Gasteiger charge is -2.28. The fourth-order valence-electron chi connectivity index (χ4n) is 5.15. The molecule has 1 fully saturated rings. The smallest absolute Gasteiger partial charge is 0.191 e. The topological polar surface area (TPSA) is 21.6 Å². The first-order valence-electron chi connectivity index (χ1n) is 6.06. The summed E-state index contributed by atoms with van der Waals surface area (Å²) in [6.45, 7) is 13.9. The SMILES string of the molecule is COC1=N[C@@]2(C)C(C)=C(C)[C@@]3(C)[C@@]1(C)[C@]32C. The lowest BCUT2D eigenvalue weighted by molar-refractivity contribution is 0.317. The van der Waals surface area contributed by atoms with E-state index in [-0.39, 0.29) is 21.8 Å². The molecular formula is C14H21NO. The van der Waals surface area contributed by atoms with E-state index < -0.39 is 0 Å². The van der Waals surface area contributed by atoms with Gasteiger partial charge in [0.1, 0.15) is 0 Å². The van der Waals surface area contributed by atoms with E-state index in [2.05, 4.69) is 41.5 Å². The van der Waals surface area contributed by atoms with Gasteiger partial charge in [-0.05, 0) is 33.3 Å². The second-order valence-electron chi connectivity index (χ2n) is 6.32. The number of aliphatic imine (C=N–C) groups is 1. The molecule has 0 aromatic carbocycles. The average Bonchev–Trinajstić information content (AvgIpc) is 2.53. The molecule has 0 bridgehead atoms. The first-order valence-corrected chi connectivity index (χ1v) is 6.06. The molecule has 3 rings (SSSR count). The normalized spacial score (nSPS) is 57.6. The summed E-state index contributed by atoms with van der Waals surface area (Å²) in [6, 6.07) is 0. The second-order valence-corrected chi connectivity index (χ2v) is 6.32. The van der Waals surface area contributed by atoms with Crippen LogP contribution in [0.5, 0.6) is 0 Å². The van der Waals surface area contributed by atoms with Crippen LogP contribution in [0.2, 0.25) is 0 Å². The quantitative estimate of drug-likeness (QED) is 0.573. The van der Waals surface area contributed by atoms with E-state index in [1.165, 1.54) is 11.1 Å². The first kappa shape index (κ1) is 10.4. The van der Waals surface area contributed by atoms with Crippen molar-refractivity contribution < 1.29 is 4.74 Å². The zero-order valence-corrected chi connectivity index (χ0v) is 11.4. The highest BCUT2D eigenvalue weighted by molar-refractivity contribution is 5.96. The van der Waals surface area contributed by atoms with Gasteiger partial charge in [0.2, 0.25) is 0 Å². The summed E-state index contributed by atoms with van der Waals surface area (Å²) in [5.41, 5.74) is 3.48. The molecule has 0 unspecified atom stereocenters. The summed E-state index contributed by atoms with van der Waals surface area (Å²) in [5.74, 6) is 0.955. The molecule has 0 amide bonds. The van der Waals surface area contributed by atoms with Gasteiger partial charge in [-0.1, -0.05) is 19.4 Å². The van der Waals surface area contributed by atoms with Crippen LogP contribution in [-0.4, -0.2) is 18.5 Å². The highest BCUT2D eigenvalue weighted by Crippen LogP contribution is 2.92. The van der Waals surface area contributed by atoms with Gasteiger partial charge in [0, 0.05) is 10.8 Å². The summed E-state index contributed by atoms with van der Waals surface area (Å²) < 4.78 is 5.56. The Morgan fingerprint density at radius 3 is 1.88 bits per heavy atom. The van der Waals surface area contributed by atoms with Crippen molar-refractivity contribution in [3.05, 3.63) is 11.1 Å². The third-order valence-corrected chi connectivity index (χ3v) is 6.90. The zero-order valence-electron chi connectivity index (χ0n) is 11.4. The lowest BCUT2D eigenvalue weighted by atomic mass is 9.78. The fraction of sp³-hybridized carbons (Fsp3) is 0.786. The second kappa shape index (κ2) is 2.12. The Balaban J connectivity index is 2.34. The maximum atomic E-state index is 5.56. The highest BCUT2D eigenvalue weighted by Gasteiger charge is 2.94. The molecule has 1 heterocycles. The molecule has 0 radical (unpaired) electrons. The molecule has 0 N–H and O–H groups in total. The van der Waals surface area contributed by atoms with Crippen molar-refractivity contribution in [2.75, 3.05) is 7.11 Å². The summed E-state index contributed by atoms with van der Waals surface area (Å²) in [7, 11) is 1.75. The standard InChI is InChI=1S/C14H21NO/c1-8-9(2)13(5)14(6)11(8,3)12(14,4)10(15-13)16-7/h1-7H3/t11-,12-,13-,14-/m0/s1. The van der Waals surface area contributed by atoms with Gasteiger partial charge in [-0.15, -0.1) is 0 Å². The van der Waals surface area contributed by atoms with Crippen LogP contribution in [-0.2, 0) is 4.74 Å². The molecule has 2 aliphatic carbocycles. The maximum Gasteiger partial charge on any atom is 0.191 e. The van der Waals surface area contributed by atoms with E-state index in [0.29, 0.717) is 0 Å². The summed E-state index contributed by atoms with van der Waals surface area (Å²) in [5, 5.41) is 0. The van der Waals surface area contributed by atoms with Crippen LogP contribution in [0.1, 0.15) is 41.5 Å². The van der Waals surface area contributed by atoms with Crippen LogP contribution in [0.25, 0.3) is 0 Å². The molecule has 3 aliphatic rings. The van der Waals surface area contributed by atoms with Gasteiger partial charge in [-0.2, -0.15) is 0 Å². The van der Waals surface area contributed by atoms with Crippen LogP contribution in [0, 0.1) is 16.2 Å². The zero-order chi connectivity index (χ0) is 12.1. The van der Waals surface area contributed by atoms with Crippen LogP contribution in [0.3, 0.4) is 0 Å². The number of rotatable bonds is 0. The van der Waals surface area contributed by atoms with Gasteiger partial charge in [0.15, 0.2) is 5.90 Å². The van der Waals surface area contributed by atoms with Gasteiger partial charge in [0.05, 0.1) is 18.1 Å². The van der Waals surface area contributed by atoms with Gasteiger partial charge >= 0.3 is 0 Å². The van der Waals surface area contributed by atoms with Crippen molar-refractivity contribution in [2.24, 2.45) is 21.2 Å². The number of nitrogens with zero attached hydrogens (tertiary/aromatic N) is 1. The average molecular weight is 219 g/mol.